The fourth-order valence-corrected chi connectivity index (χ4v) is 5.39. The van der Waals surface area contributed by atoms with Crippen LogP contribution in [0.1, 0.15) is 76.8 Å². The average Bonchev–Trinajstić information content (AvgIpc) is 3.53. The molecule has 4 rings (SSSR count). The molecule has 0 aromatic carbocycles. The van der Waals surface area contributed by atoms with E-state index >= 15 is 0 Å². The third-order valence-electron chi connectivity index (χ3n) is 6.46. The fourth-order valence-electron chi connectivity index (χ4n) is 4.42. The minimum atomic E-state index is -0.449. The molecule has 10 heteroatoms. The highest BCUT2D eigenvalue weighted by Gasteiger charge is 2.26. The molecule has 34 heavy (non-hydrogen) atoms. The second-order valence-electron chi connectivity index (χ2n) is 8.83. The van der Waals surface area contributed by atoms with Crippen LogP contribution in [-0.2, 0) is 7.05 Å². The van der Waals surface area contributed by atoms with E-state index in [2.05, 4.69) is 27.2 Å². The molecule has 2 aromatic heterocycles. The number of rotatable bonds is 6. The van der Waals surface area contributed by atoms with E-state index in [4.69, 9.17) is 0 Å². The summed E-state index contributed by atoms with van der Waals surface area (Å²) < 4.78 is 1.67. The molecule has 182 valence electrons. The zero-order valence-electron chi connectivity index (χ0n) is 19.5. The number of aryl methyl sites for hydroxylation is 1. The highest BCUT2D eigenvalue weighted by atomic mass is 32.1. The summed E-state index contributed by atoms with van der Waals surface area (Å²) in [6.45, 7) is 2.04. The maximum Gasteiger partial charge on any atom is 0.317 e. The van der Waals surface area contributed by atoms with Gasteiger partial charge in [-0.3, -0.25) is 20.4 Å². The molecule has 3 heterocycles. The van der Waals surface area contributed by atoms with E-state index in [-0.39, 0.29) is 17.6 Å². The zero-order chi connectivity index (χ0) is 23.9. The van der Waals surface area contributed by atoms with Gasteiger partial charge in [0.15, 0.2) is 0 Å². The predicted octanol–water partition coefficient (Wildman–Crippen LogP) is 3.34. The number of thiazole rings is 1. The lowest BCUT2D eigenvalue weighted by molar-refractivity contribution is 0.0839. The Balaban J connectivity index is 1.19. The van der Waals surface area contributed by atoms with E-state index in [1.165, 1.54) is 36.2 Å². The Kier molecular flexibility index (Phi) is 7.99. The summed E-state index contributed by atoms with van der Waals surface area (Å²) in [6.07, 6.45) is 11.5. The predicted molar refractivity (Wildman–Crippen MR) is 131 cm³/mol. The monoisotopic (exact) mass is 484 g/mol. The Morgan fingerprint density at radius 1 is 1.15 bits per heavy atom. The lowest BCUT2D eigenvalue weighted by Gasteiger charge is -2.31. The van der Waals surface area contributed by atoms with Crippen LogP contribution in [0.5, 0.6) is 0 Å². The van der Waals surface area contributed by atoms with Crippen molar-refractivity contribution >= 4 is 29.2 Å². The summed E-state index contributed by atoms with van der Waals surface area (Å²) in [7, 11) is 1.76. The maximum absolute atomic E-state index is 12.5. The molecular formula is C24H32N6O3S. The van der Waals surface area contributed by atoms with Crippen LogP contribution in [0.2, 0.25) is 0 Å². The van der Waals surface area contributed by atoms with Gasteiger partial charge in [0.2, 0.25) is 0 Å². The van der Waals surface area contributed by atoms with E-state index in [0.29, 0.717) is 25.3 Å². The topological polar surface area (TPSA) is 108 Å². The number of urea groups is 1. The molecule has 0 radical (unpaired) electrons. The summed E-state index contributed by atoms with van der Waals surface area (Å²) in [5.41, 5.74) is 7.04. The highest BCUT2D eigenvalue weighted by molar-refractivity contribution is 7.09. The lowest BCUT2D eigenvalue weighted by atomic mass is 9.97. The number of likely N-dealkylation sites (tertiary alicyclic amines) is 1. The molecule has 9 nitrogen and oxygen atoms in total. The Morgan fingerprint density at radius 3 is 2.65 bits per heavy atom. The van der Waals surface area contributed by atoms with Crippen LogP contribution >= 0.6 is 11.3 Å². The van der Waals surface area contributed by atoms with E-state index < -0.39 is 11.8 Å². The van der Waals surface area contributed by atoms with Gasteiger partial charge in [0, 0.05) is 44.2 Å². The third-order valence-corrected chi connectivity index (χ3v) is 7.47. The average molecular weight is 485 g/mol. The van der Waals surface area contributed by atoms with Crippen molar-refractivity contribution in [1.82, 2.24) is 30.6 Å². The number of aromatic nitrogens is 2. The summed E-state index contributed by atoms with van der Waals surface area (Å²) in [6, 6.07) is 3.43. The molecular weight excluding hydrogens is 452 g/mol. The molecule has 1 saturated heterocycles. The van der Waals surface area contributed by atoms with Gasteiger partial charge in [-0.25, -0.2) is 9.78 Å². The first-order valence-electron chi connectivity index (χ1n) is 11.9. The van der Waals surface area contributed by atoms with Gasteiger partial charge in [0.05, 0.1) is 5.01 Å². The normalized spacial score (nSPS) is 16.6. The molecule has 0 bridgehead atoms. The number of carbonyl (C=O) groups is 3. The number of nitrogens with zero attached hydrogens (tertiary/aromatic N) is 3. The zero-order valence-corrected chi connectivity index (χ0v) is 20.3. The number of carbonyl (C=O) groups excluding carboxylic acids is 3. The second-order valence-corrected chi connectivity index (χ2v) is 9.72. The van der Waals surface area contributed by atoms with Gasteiger partial charge in [0.1, 0.15) is 11.4 Å². The van der Waals surface area contributed by atoms with E-state index in [0.717, 1.165) is 30.7 Å². The molecule has 0 atom stereocenters. The number of amides is 4. The molecule has 1 aliphatic carbocycles. The smallest absolute Gasteiger partial charge is 0.317 e. The van der Waals surface area contributed by atoms with Crippen LogP contribution in [-0.4, -0.2) is 51.9 Å². The van der Waals surface area contributed by atoms with E-state index in [1.54, 1.807) is 35.3 Å². The van der Waals surface area contributed by atoms with Crippen molar-refractivity contribution in [3.8, 4) is 0 Å². The van der Waals surface area contributed by atoms with Crippen molar-refractivity contribution < 1.29 is 14.4 Å². The minimum Gasteiger partial charge on any atom is -0.347 e. The van der Waals surface area contributed by atoms with Gasteiger partial charge in [-0.2, -0.15) is 0 Å². The van der Waals surface area contributed by atoms with Crippen LogP contribution < -0.4 is 16.2 Å². The molecule has 0 saturated carbocycles. The van der Waals surface area contributed by atoms with Gasteiger partial charge < -0.3 is 14.8 Å². The van der Waals surface area contributed by atoms with Crippen LogP contribution in [0.3, 0.4) is 0 Å². The highest BCUT2D eigenvalue weighted by Crippen LogP contribution is 2.30. The lowest BCUT2D eigenvalue weighted by Crippen LogP contribution is -2.44. The summed E-state index contributed by atoms with van der Waals surface area (Å²) in [4.78, 5) is 43.4. The van der Waals surface area contributed by atoms with Crippen molar-refractivity contribution in [2.45, 2.75) is 50.9 Å². The summed E-state index contributed by atoms with van der Waals surface area (Å²) >= 11 is 1.44. The molecule has 2 aliphatic rings. The summed E-state index contributed by atoms with van der Waals surface area (Å²) in [5.74, 6) is -0.617. The van der Waals surface area contributed by atoms with Crippen LogP contribution in [0.15, 0.2) is 35.4 Å². The molecule has 1 aliphatic heterocycles. The van der Waals surface area contributed by atoms with Crippen LogP contribution in [0.25, 0.3) is 0 Å². The van der Waals surface area contributed by atoms with Gasteiger partial charge in [-0.1, -0.05) is 11.6 Å². The van der Waals surface area contributed by atoms with Gasteiger partial charge >= 0.3 is 6.03 Å². The van der Waals surface area contributed by atoms with Gasteiger partial charge in [0.25, 0.3) is 11.8 Å². The largest absolute Gasteiger partial charge is 0.347 e. The van der Waals surface area contributed by atoms with Crippen molar-refractivity contribution in [2.75, 3.05) is 19.6 Å². The molecule has 0 spiro atoms. The number of hydrogen-bond acceptors (Lipinski definition) is 5. The number of allylic oxidation sites excluding steroid dienone is 1. The molecule has 2 aromatic rings. The number of piperidine rings is 1. The van der Waals surface area contributed by atoms with E-state index in [1.807, 2.05) is 4.90 Å². The summed E-state index contributed by atoms with van der Waals surface area (Å²) in [5, 5.41) is 5.65. The first-order chi connectivity index (χ1) is 16.5. The minimum absolute atomic E-state index is 0.00280. The number of nitrogens with one attached hydrogen (secondary N) is 3. The quantitative estimate of drug-likeness (QED) is 0.432. The first-order valence-corrected chi connectivity index (χ1v) is 12.8. The Labute approximate surface area is 203 Å². The second kappa shape index (κ2) is 11.3. The Bertz CT molecular complexity index is 1050. The first kappa shape index (κ1) is 24.0. The number of hydrazine groups is 1. The van der Waals surface area contributed by atoms with Crippen molar-refractivity contribution in [3.63, 3.8) is 0 Å². The van der Waals surface area contributed by atoms with E-state index in [9.17, 15) is 14.4 Å². The molecule has 0 unspecified atom stereocenters. The third kappa shape index (κ3) is 6.05. The standard InChI is InChI=1S/C24H32N6O3S/c1-29-13-5-8-20(29)22(32)28-27-21(31)19-16-34-23(26-19)18-10-14-30(15-11-18)24(33)25-12-9-17-6-3-2-4-7-17/h5-6,8,13,16,18H,2-4,7,9-12,14-15H2,1H3,(H,25,33)(H,27,31)(H,28,32). The SMILES string of the molecule is Cn1cccc1C(=O)NNC(=O)c1csc(C2CCN(C(=O)NCCC3=CCCCC3)CC2)n1. The van der Waals surface area contributed by atoms with Crippen LogP contribution in [0.4, 0.5) is 4.79 Å². The van der Waals surface area contributed by atoms with Gasteiger partial charge in [-0.15, -0.1) is 11.3 Å². The van der Waals surface area contributed by atoms with Crippen molar-refractivity contribution in [1.29, 1.82) is 0 Å². The van der Waals surface area contributed by atoms with Crippen LogP contribution in [0, 0.1) is 0 Å². The molecule has 1 fully saturated rings. The van der Waals surface area contributed by atoms with Crippen molar-refractivity contribution in [3.05, 3.63) is 51.8 Å². The van der Waals surface area contributed by atoms with Crippen molar-refractivity contribution in [2.24, 2.45) is 7.05 Å². The van der Waals surface area contributed by atoms with Gasteiger partial charge in [-0.05, 0) is 57.1 Å². The Hall–Kier alpha value is -3.14. The molecule has 3 N–H and O–H groups in total. The number of hydrogen-bond donors (Lipinski definition) is 3. The Morgan fingerprint density at radius 2 is 1.94 bits per heavy atom. The fraction of sp³-hybridized carbons (Fsp3) is 0.500. The maximum atomic E-state index is 12.5. The molecule has 4 amide bonds.